The summed E-state index contributed by atoms with van der Waals surface area (Å²) in [6.07, 6.45) is 0. The smallest absolute Gasteiger partial charge is 0.355 e. The summed E-state index contributed by atoms with van der Waals surface area (Å²) in [5.74, 6) is -1.10. The molecule has 2 N–H and O–H groups in total. The van der Waals surface area contributed by atoms with Crippen LogP contribution in [0.5, 0.6) is 0 Å². The van der Waals surface area contributed by atoms with Gasteiger partial charge in [0.25, 0.3) is 5.69 Å². The Balaban J connectivity index is 2.26. The molecule has 2 rings (SSSR count). The van der Waals surface area contributed by atoms with Gasteiger partial charge < -0.3 is 10.4 Å². The molecule has 8 heteroatoms. The molecule has 1 heterocycles. The van der Waals surface area contributed by atoms with Crippen molar-refractivity contribution < 1.29 is 14.8 Å². The maximum absolute atomic E-state index is 10.9. The highest BCUT2D eigenvalue weighted by atomic mass is 32.1. The summed E-state index contributed by atoms with van der Waals surface area (Å²) in [6.45, 7) is 1.65. The van der Waals surface area contributed by atoms with Crippen LogP contribution in [0.1, 0.15) is 15.4 Å². The number of carboxylic acids is 1. The molecule has 0 atom stereocenters. The fraction of sp³-hybridized carbons (Fsp3) is 0.0909. The molecule has 0 saturated heterocycles. The molecule has 0 saturated carbocycles. The predicted octanol–water partition coefficient (Wildman–Crippen LogP) is 2.80. The van der Waals surface area contributed by atoms with Crippen molar-refractivity contribution in [2.45, 2.75) is 6.92 Å². The van der Waals surface area contributed by atoms with E-state index >= 15 is 0 Å². The van der Waals surface area contributed by atoms with Crippen molar-refractivity contribution in [3.05, 3.63) is 45.0 Å². The molecule has 1 aromatic heterocycles. The Morgan fingerprint density at radius 3 is 2.84 bits per heavy atom. The molecule has 0 aliphatic rings. The van der Waals surface area contributed by atoms with Gasteiger partial charge in [0.15, 0.2) is 10.8 Å². The van der Waals surface area contributed by atoms with E-state index in [1.54, 1.807) is 19.1 Å². The van der Waals surface area contributed by atoms with E-state index in [0.717, 1.165) is 0 Å². The van der Waals surface area contributed by atoms with E-state index < -0.39 is 10.9 Å². The second-order valence-corrected chi connectivity index (χ2v) is 4.86. The van der Waals surface area contributed by atoms with Crippen molar-refractivity contribution in [3.8, 4) is 0 Å². The van der Waals surface area contributed by atoms with Gasteiger partial charge in [-0.25, -0.2) is 9.78 Å². The summed E-state index contributed by atoms with van der Waals surface area (Å²) >= 11 is 1.18. The molecular formula is C11H9N3O4S. The number of nitro groups is 1. The van der Waals surface area contributed by atoms with Gasteiger partial charge in [-0.2, -0.15) is 0 Å². The number of nitro benzene ring substituents is 1. The quantitative estimate of drug-likeness (QED) is 0.658. The summed E-state index contributed by atoms with van der Waals surface area (Å²) in [7, 11) is 0. The van der Waals surface area contributed by atoms with Crippen LogP contribution in [0, 0.1) is 17.0 Å². The Bertz CT molecular complexity index is 653. The molecule has 0 bridgehead atoms. The fourth-order valence-electron chi connectivity index (χ4n) is 1.47. The molecule has 0 aliphatic carbocycles. The zero-order valence-electron chi connectivity index (χ0n) is 9.78. The van der Waals surface area contributed by atoms with E-state index in [4.69, 9.17) is 5.11 Å². The molecule has 0 radical (unpaired) electrons. The number of aryl methyl sites for hydroxylation is 1. The van der Waals surface area contributed by atoms with Crippen molar-refractivity contribution in [1.29, 1.82) is 0 Å². The number of carboxylic acid groups (broad SMARTS) is 1. The number of anilines is 2. The van der Waals surface area contributed by atoms with Crippen molar-refractivity contribution in [2.75, 3.05) is 5.32 Å². The Hall–Kier alpha value is -2.48. The van der Waals surface area contributed by atoms with E-state index in [0.29, 0.717) is 15.7 Å². The number of aromatic nitrogens is 1. The monoisotopic (exact) mass is 279 g/mol. The fourth-order valence-corrected chi connectivity index (χ4v) is 2.29. The van der Waals surface area contributed by atoms with E-state index in [1.165, 1.54) is 23.5 Å². The first-order chi connectivity index (χ1) is 8.97. The minimum Gasteiger partial charge on any atom is -0.476 e. The topological polar surface area (TPSA) is 105 Å². The van der Waals surface area contributed by atoms with Gasteiger partial charge in [0.2, 0.25) is 0 Å². The summed E-state index contributed by atoms with van der Waals surface area (Å²) < 4.78 is 0. The third kappa shape index (κ3) is 2.86. The van der Waals surface area contributed by atoms with Gasteiger partial charge in [0.1, 0.15) is 0 Å². The number of hydrogen-bond acceptors (Lipinski definition) is 6. The predicted molar refractivity (Wildman–Crippen MR) is 70.2 cm³/mol. The normalized spacial score (nSPS) is 10.2. The maximum atomic E-state index is 10.9. The van der Waals surface area contributed by atoms with Crippen LogP contribution in [0.25, 0.3) is 0 Å². The molecule has 1 aromatic carbocycles. The van der Waals surface area contributed by atoms with Crippen LogP contribution in [0.2, 0.25) is 0 Å². The Morgan fingerprint density at radius 2 is 2.26 bits per heavy atom. The summed E-state index contributed by atoms with van der Waals surface area (Å²) in [5.41, 5.74) is 0.426. The first-order valence-corrected chi connectivity index (χ1v) is 6.01. The summed E-state index contributed by atoms with van der Waals surface area (Å²) in [6, 6.07) is 5.92. The number of rotatable bonds is 4. The minimum atomic E-state index is -1.10. The molecule has 0 unspecified atom stereocenters. The van der Waals surface area contributed by atoms with Crippen LogP contribution in [0.15, 0.2) is 24.3 Å². The average Bonchev–Trinajstić information content (AvgIpc) is 2.70. The first-order valence-electron chi connectivity index (χ1n) is 5.19. The molecule has 0 aliphatic heterocycles. The van der Waals surface area contributed by atoms with Gasteiger partial charge in [0.05, 0.1) is 4.92 Å². The molecular weight excluding hydrogens is 270 g/mol. The standard InChI is InChI=1S/C11H9N3O4S/c1-6-9(10(15)16)13-11(19-6)12-7-3-2-4-8(5-7)14(17)18/h2-5H,1H3,(H,12,13)(H,15,16). The number of carbonyl (C=O) groups is 1. The molecule has 0 spiro atoms. The second-order valence-electron chi connectivity index (χ2n) is 3.66. The minimum absolute atomic E-state index is 0.0158. The molecule has 2 aromatic rings. The highest BCUT2D eigenvalue weighted by molar-refractivity contribution is 7.15. The third-order valence-corrected chi connectivity index (χ3v) is 3.19. The van der Waals surface area contributed by atoms with Gasteiger partial charge in [0, 0.05) is 22.7 Å². The van der Waals surface area contributed by atoms with Gasteiger partial charge in [-0.15, -0.1) is 11.3 Å². The van der Waals surface area contributed by atoms with Crippen LogP contribution in [-0.4, -0.2) is 21.0 Å². The van der Waals surface area contributed by atoms with Crippen LogP contribution in [-0.2, 0) is 0 Å². The lowest BCUT2D eigenvalue weighted by atomic mass is 10.3. The van der Waals surface area contributed by atoms with Crippen molar-refractivity contribution in [1.82, 2.24) is 4.98 Å². The van der Waals surface area contributed by atoms with Crippen molar-refractivity contribution >= 4 is 33.8 Å². The number of aromatic carboxylic acids is 1. The van der Waals surface area contributed by atoms with Gasteiger partial charge in [-0.05, 0) is 13.0 Å². The number of non-ortho nitro benzene ring substituents is 1. The van der Waals surface area contributed by atoms with Crippen LogP contribution < -0.4 is 5.32 Å². The SMILES string of the molecule is Cc1sc(Nc2cccc([N+](=O)[O-])c2)nc1C(=O)O. The van der Waals surface area contributed by atoms with E-state index in [-0.39, 0.29) is 11.4 Å². The van der Waals surface area contributed by atoms with E-state index in [1.807, 2.05) is 0 Å². The highest BCUT2D eigenvalue weighted by Crippen LogP contribution is 2.26. The zero-order valence-corrected chi connectivity index (χ0v) is 10.6. The number of hydrogen-bond donors (Lipinski definition) is 2. The van der Waals surface area contributed by atoms with Crippen molar-refractivity contribution in [3.63, 3.8) is 0 Å². The number of thiazole rings is 1. The number of nitrogens with one attached hydrogen (secondary N) is 1. The lowest BCUT2D eigenvalue weighted by Gasteiger charge is -2.01. The summed E-state index contributed by atoms with van der Waals surface area (Å²) in [4.78, 5) is 25.5. The largest absolute Gasteiger partial charge is 0.476 e. The molecule has 0 amide bonds. The van der Waals surface area contributed by atoms with Gasteiger partial charge >= 0.3 is 5.97 Å². The Kier molecular flexibility index (Phi) is 3.43. The average molecular weight is 279 g/mol. The molecule has 0 fully saturated rings. The summed E-state index contributed by atoms with van der Waals surface area (Å²) in [5, 5.41) is 22.8. The molecule has 7 nitrogen and oxygen atoms in total. The number of benzene rings is 1. The zero-order chi connectivity index (χ0) is 14.0. The third-order valence-electron chi connectivity index (χ3n) is 2.31. The number of nitrogens with zero attached hydrogens (tertiary/aromatic N) is 2. The Morgan fingerprint density at radius 1 is 1.53 bits per heavy atom. The van der Waals surface area contributed by atoms with E-state index in [9.17, 15) is 14.9 Å². The van der Waals surface area contributed by atoms with Crippen LogP contribution in [0.3, 0.4) is 0 Å². The Labute approximate surface area is 111 Å². The van der Waals surface area contributed by atoms with Gasteiger partial charge in [-0.3, -0.25) is 10.1 Å². The first kappa shape index (κ1) is 13.0. The van der Waals surface area contributed by atoms with E-state index in [2.05, 4.69) is 10.3 Å². The highest BCUT2D eigenvalue weighted by Gasteiger charge is 2.14. The second kappa shape index (κ2) is 5.02. The molecule has 19 heavy (non-hydrogen) atoms. The van der Waals surface area contributed by atoms with Crippen LogP contribution in [0.4, 0.5) is 16.5 Å². The molecule has 98 valence electrons. The van der Waals surface area contributed by atoms with Crippen molar-refractivity contribution in [2.24, 2.45) is 0 Å². The lowest BCUT2D eigenvalue weighted by molar-refractivity contribution is -0.384. The van der Waals surface area contributed by atoms with Gasteiger partial charge in [-0.1, -0.05) is 6.07 Å². The maximum Gasteiger partial charge on any atom is 0.355 e. The lowest BCUT2D eigenvalue weighted by Crippen LogP contribution is -1.99. The van der Waals surface area contributed by atoms with Crippen LogP contribution >= 0.6 is 11.3 Å².